The molecule has 1 amide bonds. The van der Waals surface area contributed by atoms with Crippen molar-refractivity contribution in [3.63, 3.8) is 0 Å². The number of hydrogen-bond acceptors (Lipinski definition) is 4. The second kappa shape index (κ2) is 6.49. The molecule has 4 N–H and O–H groups in total. The van der Waals surface area contributed by atoms with Crippen molar-refractivity contribution in [3.05, 3.63) is 30.1 Å². The molecule has 0 aliphatic rings. The molecule has 19 heavy (non-hydrogen) atoms. The van der Waals surface area contributed by atoms with E-state index in [1.54, 1.807) is 13.8 Å². The summed E-state index contributed by atoms with van der Waals surface area (Å²) in [4.78, 5) is 11.5. The molecular formula is C13H19FN2O3. The number of amides is 1. The third kappa shape index (κ3) is 5.67. The lowest BCUT2D eigenvalue weighted by molar-refractivity contribution is -0.125. The Labute approximate surface area is 111 Å². The molecule has 0 aliphatic heterocycles. The summed E-state index contributed by atoms with van der Waals surface area (Å²) in [6, 6.07) is 5.45. The molecular weight excluding hydrogens is 251 g/mol. The summed E-state index contributed by atoms with van der Waals surface area (Å²) in [5, 5.41) is 12.1. The van der Waals surface area contributed by atoms with Crippen LogP contribution < -0.4 is 15.8 Å². The number of hydrogen-bond donors (Lipinski definition) is 3. The quantitative estimate of drug-likeness (QED) is 0.699. The van der Waals surface area contributed by atoms with Gasteiger partial charge in [0.1, 0.15) is 24.3 Å². The summed E-state index contributed by atoms with van der Waals surface area (Å²) < 4.78 is 17.9. The van der Waals surface area contributed by atoms with Crippen LogP contribution in [0, 0.1) is 5.82 Å². The average Bonchev–Trinajstić information content (AvgIpc) is 2.34. The number of aliphatic hydroxyl groups is 1. The Bertz CT molecular complexity index is 415. The number of carbonyl (C=O) groups excluding carboxylic acids is 1. The molecule has 1 aromatic carbocycles. The summed E-state index contributed by atoms with van der Waals surface area (Å²) in [7, 11) is 0. The maximum Gasteiger partial charge on any atom is 0.239 e. The fraction of sp³-hybridized carbons (Fsp3) is 0.462. The van der Waals surface area contributed by atoms with Gasteiger partial charge in [0.2, 0.25) is 5.91 Å². The van der Waals surface area contributed by atoms with Gasteiger partial charge in [-0.1, -0.05) is 0 Å². The minimum absolute atomic E-state index is 0.00306. The third-order valence-electron chi connectivity index (χ3n) is 2.34. The fourth-order valence-electron chi connectivity index (χ4n) is 1.22. The molecule has 6 heteroatoms. The molecule has 0 bridgehead atoms. The van der Waals surface area contributed by atoms with E-state index in [1.807, 2.05) is 0 Å². The predicted octanol–water partition coefficient (Wildman–Crippen LogP) is 0.419. The van der Waals surface area contributed by atoms with Crippen LogP contribution in [0.1, 0.15) is 13.8 Å². The second-order valence-corrected chi connectivity index (χ2v) is 4.85. The second-order valence-electron chi connectivity index (χ2n) is 4.85. The highest BCUT2D eigenvalue weighted by Gasteiger charge is 2.22. The molecule has 0 aliphatic carbocycles. The van der Waals surface area contributed by atoms with Crippen LogP contribution >= 0.6 is 0 Å². The first-order valence-corrected chi connectivity index (χ1v) is 5.92. The van der Waals surface area contributed by atoms with E-state index in [-0.39, 0.29) is 24.9 Å². The zero-order valence-corrected chi connectivity index (χ0v) is 11.0. The molecule has 0 spiro atoms. The maximum atomic E-state index is 12.6. The van der Waals surface area contributed by atoms with Crippen molar-refractivity contribution in [2.75, 3.05) is 13.2 Å². The number of ether oxygens (including phenoxy) is 1. The summed E-state index contributed by atoms with van der Waals surface area (Å²) in [6.45, 7) is 3.19. The van der Waals surface area contributed by atoms with E-state index in [2.05, 4.69) is 5.32 Å². The molecule has 106 valence electrons. The molecule has 0 aromatic heterocycles. The molecule has 1 rings (SSSR count). The maximum absolute atomic E-state index is 12.6. The fourth-order valence-corrected chi connectivity index (χ4v) is 1.22. The van der Waals surface area contributed by atoms with E-state index in [0.717, 1.165) is 0 Å². The number of rotatable bonds is 6. The monoisotopic (exact) mass is 270 g/mol. The first kappa shape index (κ1) is 15.4. The van der Waals surface area contributed by atoms with Gasteiger partial charge >= 0.3 is 0 Å². The van der Waals surface area contributed by atoms with Crippen LogP contribution in [0.2, 0.25) is 0 Å². The third-order valence-corrected chi connectivity index (χ3v) is 2.34. The van der Waals surface area contributed by atoms with E-state index in [1.165, 1.54) is 24.3 Å². The lowest BCUT2D eigenvalue weighted by Gasteiger charge is -2.19. The molecule has 0 fully saturated rings. The largest absolute Gasteiger partial charge is 0.491 e. The van der Waals surface area contributed by atoms with Gasteiger partial charge in [0, 0.05) is 6.54 Å². The molecule has 1 atom stereocenters. The van der Waals surface area contributed by atoms with Crippen LogP contribution in [0.15, 0.2) is 24.3 Å². The summed E-state index contributed by atoms with van der Waals surface area (Å²) in [5.74, 6) is -0.260. The van der Waals surface area contributed by atoms with Crippen molar-refractivity contribution >= 4 is 5.91 Å². The van der Waals surface area contributed by atoms with Gasteiger partial charge in [-0.25, -0.2) is 4.39 Å². The van der Waals surface area contributed by atoms with Gasteiger partial charge < -0.3 is 20.9 Å². The predicted molar refractivity (Wildman–Crippen MR) is 69.2 cm³/mol. The number of nitrogens with two attached hydrogens (primary N) is 1. The molecule has 0 heterocycles. The standard InChI is InChI=1S/C13H19FN2O3/c1-13(2,15)12(18)16-7-10(17)8-19-11-5-3-9(14)4-6-11/h3-6,10,17H,7-8,15H2,1-2H3,(H,16,18). The number of aliphatic hydroxyl groups excluding tert-OH is 1. The molecule has 0 radical (unpaired) electrons. The van der Waals surface area contributed by atoms with E-state index in [4.69, 9.17) is 10.5 Å². The van der Waals surface area contributed by atoms with Gasteiger partial charge in [-0.2, -0.15) is 0 Å². The highest BCUT2D eigenvalue weighted by atomic mass is 19.1. The van der Waals surface area contributed by atoms with Crippen molar-refractivity contribution in [2.24, 2.45) is 5.73 Å². The Balaban J connectivity index is 2.30. The molecule has 1 unspecified atom stereocenters. The van der Waals surface area contributed by atoms with Gasteiger partial charge in [0.25, 0.3) is 0 Å². The number of halogens is 1. The lowest BCUT2D eigenvalue weighted by atomic mass is 10.1. The number of nitrogens with one attached hydrogen (secondary N) is 1. The smallest absolute Gasteiger partial charge is 0.239 e. The van der Waals surface area contributed by atoms with E-state index < -0.39 is 11.6 Å². The van der Waals surface area contributed by atoms with Crippen molar-refractivity contribution in [3.8, 4) is 5.75 Å². The minimum Gasteiger partial charge on any atom is -0.491 e. The van der Waals surface area contributed by atoms with Gasteiger partial charge in [-0.05, 0) is 38.1 Å². The van der Waals surface area contributed by atoms with E-state index >= 15 is 0 Å². The molecule has 0 saturated carbocycles. The Morgan fingerprint density at radius 1 is 1.47 bits per heavy atom. The average molecular weight is 270 g/mol. The van der Waals surface area contributed by atoms with Gasteiger partial charge in [0.15, 0.2) is 0 Å². The van der Waals surface area contributed by atoms with Crippen LogP contribution in [0.5, 0.6) is 5.75 Å². The van der Waals surface area contributed by atoms with Gasteiger partial charge in [0.05, 0.1) is 5.54 Å². The van der Waals surface area contributed by atoms with Gasteiger partial charge in [-0.15, -0.1) is 0 Å². The SMILES string of the molecule is CC(C)(N)C(=O)NCC(O)COc1ccc(F)cc1. The first-order chi connectivity index (χ1) is 8.79. The molecule has 0 saturated heterocycles. The molecule has 5 nitrogen and oxygen atoms in total. The number of carbonyl (C=O) groups is 1. The molecule has 1 aromatic rings. The number of benzene rings is 1. The normalized spacial score (nSPS) is 12.9. The van der Waals surface area contributed by atoms with Crippen LogP contribution in [0.3, 0.4) is 0 Å². The van der Waals surface area contributed by atoms with Crippen molar-refractivity contribution < 1.29 is 19.0 Å². The van der Waals surface area contributed by atoms with Crippen LogP contribution in [-0.4, -0.2) is 35.8 Å². The van der Waals surface area contributed by atoms with Gasteiger partial charge in [-0.3, -0.25) is 4.79 Å². The Kier molecular flexibility index (Phi) is 5.26. The van der Waals surface area contributed by atoms with E-state index in [0.29, 0.717) is 5.75 Å². The van der Waals surface area contributed by atoms with Crippen molar-refractivity contribution in [1.29, 1.82) is 0 Å². The zero-order valence-electron chi connectivity index (χ0n) is 11.0. The van der Waals surface area contributed by atoms with E-state index in [9.17, 15) is 14.3 Å². The topological polar surface area (TPSA) is 84.6 Å². The van der Waals surface area contributed by atoms with Crippen LogP contribution in [-0.2, 0) is 4.79 Å². The Hall–Kier alpha value is -1.66. The lowest BCUT2D eigenvalue weighted by Crippen LogP contribution is -2.51. The first-order valence-electron chi connectivity index (χ1n) is 5.92. The van der Waals surface area contributed by atoms with Crippen molar-refractivity contribution in [1.82, 2.24) is 5.32 Å². The Morgan fingerprint density at radius 3 is 2.58 bits per heavy atom. The van der Waals surface area contributed by atoms with Crippen LogP contribution in [0.4, 0.5) is 4.39 Å². The minimum atomic E-state index is -0.989. The van der Waals surface area contributed by atoms with Crippen LogP contribution in [0.25, 0.3) is 0 Å². The highest BCUT2D eigenvalue weighted by Crippen LogP contribution is 2.11. The summed E-state index contributed by atoms with van der Waals surface area (Å²) >= 11 is 0. The highest BCUT2D eigenvalue weighted by molar-refractivity contribution is 5.85. The summed E-state index contributed by atoms with van der Waals surface area (Å²) in [5.41, 5.74) is 4.60. The Morgan fingerprint density at radius 2 is 2.05 bits per heavy atom. The zero-order chi connectivity index (χ0) is 14.5. The van der Waals surface area contributed by atoms with Crippen molar-refractivity contribution in [2.45, 2.75) is 25.5 Å². The summed E-state index contributed by atoms with van der Waals surface area (Å²) in [6.07, 6.45) is -0.864.